The second-order valence-corrected chi connectivity index (χ2v) is 5.71. The normalized spacial score (nSPS) is 11.7. The number of hydrogen-bond acceptors (Lipinski definition) is 3. The Hall–Kier alpha value is -0.120. The van der Waals surface area contributed by atoms with Gasteiger partial charge in [-0.15, -0.1) is 0 Å². The first-order chi connectivity index (χ1) is 8.63. The highest BCUT2D eigenvalue weighted by Crippen LogP contribution is 2.05. The highest BCUT2D eigenvalue weighted by molar-refractivity contribution is 4.50. The molecule has 0 heterocycles. The maximum atomic E-state index is 5.51. The average Bonchev–Trinajstić information content (AvgIpc) is 2.29. The molecular formula is C15H33NO2. The number of rotatable bonds is 13. The Morgan fingerprint density at radius 1 is 0.778 bits per heavy atom. The highest BCUT2D eigenvalue weighted by atomic mass is 16.5. The fraction of sp³-hybridized carbons (Fsp3) is 1.00. The largest absolute Gasteiger partial charge is 0.379 e. The Bertz CT molecular complexity index is 143. The molecule has 0 radical (unpaired) electrons. The van der Waals surface area contributed by atoms with Gasteiger partial charge in [-0.1, -0.05) is 40.5 Å². The van der Waals surface area contributed by atoms with Crippen LogP contribution in [0, 0.1) is 11.8 Å². The summed E-state index contributed by atoms with van der Waals surface area (Å²) in [6, 6.07) is 0. The van der Waals surface area contributed by atoms with Gasteiger partial charge in [0.1, 0.15) is 0 Å². The summed E-state index contributed by atoms with van der Waals surface area (Å²) in [4.78, 5) is 0. The van der Waals surface area contributed by atoms with Gasteiger partial charge in [0.25, 0.3) is 0 Å². The predicted octanol–water partition coefficient (Wildman–Crippen LogP) is 3.09. The lowest BCUT2D eigenvalue weighted by atomic mass is 10.1. The maximum absolute atomic E-state index is 5.51. The van der Waals surface area contributed by atoms with E-state index in [4.69, 9.17) is 9.47 Å². The van der Waals surface area contributed by atoms with Gasteiger partial charge in [0, 0.05) is 13.2 Å². The van der Waals surface area contributed by atoms with Crippen LogP contribution in [0.2, 0.25) is 0 Å². The van der Waals surface area contributed by atoms with Gasteiger partial charge in [-0.3, -0.25) is 0 Å². The Balaban J connectivity index is 2.95. The third kappa shape index (κ3) is 15.9. The van der Waals surface area contributed by atoms with Crippen molar-refractivity contribution in [3.05, 3.63) is 0 Å². The van der Waals surface area contributed by atoms with Gasteiger partial charge in [0.05, 0.1) is 19.8 Å². The molecular weight excluding hydrogens is 226 g/mol. The molecule has 0 saturated heterocycles. The minimum absolute atomic E-state index is 0.708. The van der Waals surface area contributed by atoms with E-state index in [1.807, 2.05) is 0 Å². The van der Waals surface area contributed by atoms with Crippen LogP contribution in [0.15, 0.2) is 0 Å². The van der Waals surface area contributed by atoms with Gasteiger partial charge >= 0.3 is 0 Å². The lowest BCUT2D eigenvalue weighted by Crippen LogP contribution is -2.24. The van der Waals surface area contributed by atoms with Gasteiger partial charge in [-0.2, -0.15) is 0 Å². The molecule has 110 valence electrons. The Morgan fingerprint density at radius 2 is 1.44 bits per heavy atom. The number of nitrogens with one attached hydrogen (secondary N) is 1. The zero-order valence-corrected chi connectivity index (χ0v) is 12.8. The van der Waals surface area contributed by atoms with Crippen LogP contribution in [0.3, 0.4) is 0 Å². The standard InChI is InChI=1S/C15H33NO2/c1-14(2)7-5-6-9-17-11-12-18-10-8-16-13-15(3)4/h14-16H,5-13H2,1-4H3. The van der Waals surface area contributed by atoms with Gasteiger partial charge in [-0.05, 0) is 24.8 Å². The molecule has 0 saturated carbocycles. The van der Waals surface area contributed by atoms with Crippen molar-refractivity contribution in [2.24, 2.45) is 11.8 Å². The smallest absolute Gasteiger partial charge is 0.0701 e. The number of hydrogen-bond donors (Lipinski definition) is 1. The molecule has 0 bridgehead atoms. The van der Waals surface area contributed by atoms with E-state index in [1.54, 1.807) is 0 Å². The van der Waals surface area contributed by atoms with Crippen molar-refractivity contribution in [3.63, 3.8) is 0 Å². The van der Waals surface area contributed by atoms with Crippen LogP contribution < -0.4 is 5.32 Å². The average molecular weight is 259 g/mol. The van der Waals surface area contributed by atoms with Crippen LogP contribution in [-0.2, 0) is 9.47 Å². The molecule has 0 aromatic rings. The molecule has 0 amide bonds. The molecule has 0 rings (SSSR count). The highest BCUT2D eigenvalue weighted by Gasteiger charge is 1.95. The molecule has 3 nitrogen and oxygen atoms in total. The van der Waals surface area contributed by atoms with E-state index in [0.717, 1.165) is 38.8 Å². The molecule has 0 aliphatic rings. The third-order valence-corrected chi connectivity index (χ3v) is 2.67. The molecule has 0 aromatic carbocycles. The van der Waals surface area contributed by atoms with E-state index in [-0.39, 0.29) is 0 Å². The lowest BCUT2D eigenvalue weighted by Gasteiger charge is -2.08. The third-order valence-electron chi connectivity index (χ3n) is 2.67. The Morgan fingerprint density at radius 3 is 2.06 bits per heavy atom. The van der Waals surface area contributed by atoms with E-state index in [9.17, 15) is 0 Å². The molecule has 0 atom stereocenters. The minimum atomic E-state index is 0.708. The van der Waals surface area contributed by atoms with E-state index in [1.165, 1.54) is 19.3 Å². The van der Waals surface area contributed by atoms with E-state index in [0.29, 0.717) is 12.5 Å². The van der Waals surface area contributed by atoms with Crippen molar-refractivity contribution in [3.8, 4) is 0 Å². The zero-order chi connectivity index (χ0) is 13.6. The van der Waals surface area contributed by atoms with Crippen LogP contribution in [0.1, 0.15) is 47.0 Å². The fourth-order valence-electron chi connectivity index (χ4n) is 1.61. The quantitative estimate of drug-likeness (QED) is 0.516. The Labute approximate surface area is 114 Å². The summed E-state index contributed by atoms with van der Waals surface area (Å²) in [5, 5.41) is 3.35. The molecule has 3 heteroatoms. The van der Waals surface area contributed by atoms with Crippen molar-refractivity contribution >= 4 is 0 Å². The molecule has 0 aromatic heterocycles. The molecule has 0 spiro atoms. The first kappa shape index (κ1) is 17.9. The van der Waals surface area contributed by atoms with Gasteiger partial charge in [0.2, 0.25) is 0 Å². The van der Waals surface area contributed by atoms with Crippen LogP contribution in [0.5, 0.6) is 0 Å². The summed E-state index contributed by atoms with van der Waals surface area (Å²) >= 11 is 0. The first-order valence-electron chi connectivity index (χ1n) is 7.49. The molecule has 0 fully saturated rings. The molecule has 1 N–H and O–H groups in total. The Kier molecular flexibility index (Phi) is 13.2. The van der Waals surface area contributed by atoms with Crippen LogP contribution in [0.4, 0.5) is 0 Å². The second-order valence-electron chi connectivity index (χ2n) is 5.71. The van der Waals surface area contributed by atoms with E-state index < -0.39 is 0 Å². The van der Waals surface area contributed by atoms with Crippen LogP contribution >= 0.6 is 0 Å². The minimum Gasteiger partial charge on any atom is -0.379 e. The molecule has 0 unspecified atom stereocenters. The number of unbranched alkanes of at least 4 members (excludes halogenated alkanes) is 1. The topological polar surface area (TPSA) is 30.5 Å². The number of ether oxygens (including phenoxy) is 2. The maximum Gasteiger partial charge on any atom is 0.0701 e. The van der Waals surface area contributed by atoms with Crippen LogP contribution in [0.25, 0.3) is 0 Å². The fourth-order valence-corrected chi connectivity index (χ4v) is 1.61. The SMILES string of the molecule is CC(C)CCCCOCCOCCNCC(C)C. The van der Waals surface area contributed by atoms with Crippen molar-refractivity contribution in [1.29, 1.82) is 0 Å². The first-order valence-corrected chi connectivity index (χ1v) is 7.49. The van der Waals surface area contributed by atoms with E-state index >= 15 is 0 Å². The van der Waals surface area contributed by atoms with Crippen LogP contribution in [-0.4, -0.2) is 39.5 Å². The summed E-state index contributed by atoms with van der Waals surface area (Å²) < 4.78 is 11.0. The van der Waals surface area contributed by atoms with Gasteiger partial charge in [-0.25, -0.2) is 0 Å². The van der Waals surface area contributed by atoms with Crippen molar-refractivity contribution in [1.82, 2.24) is 5.32 Å². The molecule has 0 aliphatic carbocycles. The monoisotopic (exact) mass is 259 g/mol. The lowest BCUT2D eigenvalue weighted by molar-refractivity contribution is 0.0470. The summed E-state index contributed by atoms with van der Waals surface area (Å²) in [6.45, 7) is 14.1. The zero-order valence-electron chi connectivity index (χ0n) is 12.8. The molecule has 0 aliphatic heterocycles. The summed E-state index contributed by atoms with van der Waals surface area (Å²) in [5.41, 5.74) is 0. The second kappa shape index (κ2) is 13.3. The van der Waals surface area contributed by atoms with Crippen molar-refractivity contribution in [2.45, 2.75) is 47.0 Å². The summed E-state index contributed by atoms with van der Waals surface area (Å²) in [6.07, 6.45) is 3.76. The summed E-state index contributed by atoms with van der Waals surface area (Å²) in [7, 11) is 0. The molecule has 18 heavy (non-hydrogen) atoms. The van der Waals surface area contributed by atoms with E-state index in [2.05, 4.69) is 33.0 Å². The summed E-state index contributed by atoms with van der Waals surface area (Å²) in [5.74, 6) is 1.52. The van der Waals surface area contributed by atoms with Crippen molar-refractivity contribution < 1.29 is 9.47 Å². The van der Waals surface area contributed by atoms with Gasteiger partial charge < -0.3 is 14.8 Å². The predicted molar refractivity (Wildman–Crippen MR) is 78.0 cm³/mol. The van der Waals surface area contributed by atoms with Gasteiger partial charge in [0.15, 0.2) is 0 Å². The van der Waals surface area contributed by atoms with Crippen molar-refractivity contribution in [2.75, 3.05) is 39.5 Å².